The molecule has 6 nitrogen and oxygen atoms in total. The van der Waals surface area contributed by atoms with Gasteiger partial charge in [0.15, 0.2) is 0 Å². The number of rotatable bonds is 4. The summed E-state index contributed by atoms with van der Waals surface area (Å²) in [5.41, 5.74) is 5.50. The number of anilines is 1. The average molecular weight is 237 g/mol. The zero-order chi connectivity index (χ0) is 12.1. The lowest BCUT2D eigenvalue weighted by Crippen LogP contribution is -2.53. The van der Waals surface area contributed by atoms with Crippen LogP contribution in [-0.4, -0.2) is 47.0 Å². The highest BCUT2D eigenvalue weighted by Crippen LogP contribution is 2.21. The Labute approximate surface area is 101 Å². The molecule has 0 radical (unpaired) electrons. The fraction of sp³-hybridized carbons (Fsp3) is 0.636. The van der Waals surface area contributed by atoms with E-state index in [0.717, 1.165) is 25.3 Å². The Morgan fingerprint density at radius 2 is 2.47 bits per heavy atom. The van der Waals surface area contributed by atoms with Crippen LogP contribution in [0.2, 0.25) is 0 Å². The molecule has 0 aliphatic carbocycles. The van der Waals surface area contributed by atoms with E-state index in [4.69, 9.17) is 5.73 Å². The van der Waals surface area contributed by atoms with Crippen molar-refractivity contribution in [1.29, 1.82) is 0 Å². The fourth-order valence-electron chi connectivity index (χ4n) is 2.12. The van der Waals surface area contributed by atoms with Crippen molar-refractivity contribution in [2.45, 2.75) is 25.1 Å². The molecule has 0 aromatic carbocycles. The molecule has 94 valence electrons. The van der Waals surface area contributed by atoms with Gasteiger partial charge in [-0.25, -0.2) is 9.97 Å². The molecule has 1 saturated heterocycles. The summed E-state index contributed by atoms with van der Waals surface area (Å²) in [5, 5.41) is 13.0. The number of piperidine rings is 1. The number of hydrogen-bond donors (Lipinski definition) is 3. The molecule has 0 saturated carbocycles. The third-order valence-electron chi connectivity index (χ3n) is 2.96. The number of hydrogen-bond acceptors (Lipinski definition) is 6. The topological polar surface area (TPSA) is 87.3 Å². The minimum atomic E-state index is -0.247. The van der Waals surface area contributed by atoms with Gasteiger partial charge in [0.25, 0.3) is 0 Å². The second-order valence-corrected chi connectivity index (χ2v) is 4.20. The third kappa shape index (κ3) is 3.12. The average Bonchev–Trinajstić information content (AvgIpc) is 2.37. The summed E-state index contributed by atoms with van der Waals surface area (Å²) >= 11 is 0. The second kappa shape index (κ2) is 5.90. The van der Waals surface area contributed by atoms with E-state index in [1.54, 1.807) is 12.5 Å². The highest BCUT2D eigenvalue weighted by molar-refractivity contribution is 5.38. The van der Waals surface area contributed by atoms with Crippen molar-refractivity contribution < 1.29 is 5.11 Å². The summed E-state index contributed by atoms with van der Waals surface area (Å²) in [6.45, 7) is 2.11. The van der Waals surface area contributed by atoms with Crippen LogP contribution < -0.4 is 16.0 Å². The molecular formula is C11H19N5O. The lowest BCUT2D eigenvalue weighted by atomic mass is 10.0. The van der Waals surface area contributed by atoms with Gasteiger partial charge < -0.3 is 15.7 Å². The summed E-state index contributed by atoms with van der Waals surface area (Å²) in [4.78, 5) is 10.3. The molecule has 1 aromatic heterocycles. The van der Waals surface area contributed by atoms with E-state index in [0.29, 0.717) is 13.0 Å². The molecule has 2 atom stereocenters. The van der Waals surface area contributed by atoms with E-state index < -0.39 is 0 Å². The third-order valence-corrected chi connectivity index (χ3v) is 2.96. The zero-order valence-corrected chi connectivity index (χ0v) is 9.79. The van der Waals surface area contributed by atoms with Crippen molar-refractivity contribution in [2.24, 2.45) is 5.73 Å². The Morgan fingerprint density at radius 3 is 3.18 bits per heavy atom. The number of nitrogens with one attached hydrogen (secondary N) is 1. The Kier molecular flexibility index (Phi) is 4.24. The highest BCUT2D eigenvalue weighted by atomic mass is 16.3. The molecule has 4 N–H and O–H groups in total. The van der Waals surface area contributed by atoms with Gasteiger partial charge in [0.05, 0.1) is 12.3 Å². The summed E-state index contributed by atoms with van der Waals surface area (Å²) in [5.74, 6) is 0.890. The van der Waals surface area contributed by atoms with Gasteiger partial charge in [-0.1, -0.05) is 0 Å². The Balaban J connectivity index is 2.07. The van der Waals surface area contributed by atoms with Gasteiger partial charge in [-0.05, 0) is 12.5 Å². The summed E-state index contributed by atoms with van der Waals surface area (Å²) in [6.07, 6.45) is 4.59. The van der Waals surface area contributed by atoms with Crippen LogP contribution in [0.1, 0.15) is 12.8 Å². The highest BCUT2D eigenvalue weighted by Gasteiger charge is 2.27. The van der Waals surface area contributed by atoms with E-state index in [-0.39, 0.29) is 12.3 Å². The smallest absolute Gasteiger partial charge is 0.133 e. The predicted molar refractivity (Wildman–Crippen MR) is 65.5 cm³/mol. The van der Waals surface area contributed by atoms with Crippen molar-refractivity contribution in [3.63, 3.8) is 0 Å². The van der Waals surface area contributed by atoms with Crippen molar-refractivity contribution in [2.75, 3.05) is 24.5 Å². The van der Waals surface area contributed by atoms with Crippen LogP contribution in [0, 0.1) is 0 Å². The van der Waals surface area contributed by atoms with Crippen LogP contribution in [-0.2, 0) is 0 Å². The van der Waals surface area contributed by atoms with Gasteiger partial charge in [0.2, 0.25) is 0 Å². The number of aliphatic hydroxyl groups is 1. The SMILES string of the molecule is NCCNC1CC(O)CCN1c1ccncn1. The monoisotopic (exact) mass is 237 g/mol. The molecule has 0 amide bonds. The molecule has 1 fully saturated rings. The first-order valence-corrected chi connectivity index (χ1v) is 5.95. The van der Waals surface area contributed by atoms with E-state index in [1.807, 2.05) is 6.07 Å². The van der Waals surface area contributed by atoms with E-state index in [9.17, 15) is 5.11 Å². The van der Waals surface area contributed by atoms with Gasteiger partial charge in [0, 0.05) is 32.3 Å². The van der Waals surface area contributed by atoms with Crippen LogP contribution in [0.25, 0.3) is 0 Å². The van der Waals surface area contributed by atoms with Crippen molar-refractivity contribution in [3.8, 4) is 0 Å². The van der Waals surface area contributed by atoms with Crippen LogP contribution in [0.15, 0.2) is 18.6 Å². The van der Waals surface area contributed by atoms with Gasteiger partial charge >= 0.3 is 0 Å². The largest absolute Gasteiger partial charge is 0.393 e. The Hall–Kier alpha value is -1.24. The standard InChI is InChI=1S/C11H19N5O/c12-3-5-14-11-7-9(17)2-6-16(11)10-1-4-13-8-15-10/h1,4,8-9,11,14,17H,2-3,5-7,12H2. The van der Waals surface area contributed by atoms with Crippen molar-refractivity contribution in [3.05, 3.63) is 18.6 Å². The maximum atomic E-state index is 9.71. The summed E-state index contributed by atoms with van der Waals surface area (Å²) in [7, 11) is 0. The number of nitrogens with two attached hydrogens (primary N) is 1. The van der Waals surface area contributed by atoms with Gasteiger partial charge in [0.1, 0.15) is 12.1 Å². The molecule has 2 heterocycles. The second-order valence-electron chi connectivity index (χ2n) is 4.20. The van der Waals surface area contributed by atoms with E-state index in [1.165, 1.54) is 0 Å². The lowest BCUT2D eigenvalue weighted by Gasteiger charge is -2.39. The fourth-order valence-corrected chi connectivity index (χ4v) is 2.12. The summed E-state index contributed by atoms with van der Waals surface area (Å²) < 4.78 is 0. The first-order valence-electron chi connectivity index (χ1n) is 5.95. The Morgan fingerprint density at radius 1 is 1.59 bits per heavy atom. The molecule has 6 heteroatoms. The maximum absolute atomic E-state index is 9.71. The van der Waals surface area contributed by atoms with Gasteiger partial charge in [-0.3, -0.25) is 5.32 Å². The van der Waals surface area contributed by atoms with Crippen LogP contribution >= 0.6 is 0 Å². The molecule has 2 unspecified atom stereocenters. The zero-order valence-electron chi connectivity index (χ0n) is 9.79. The quantitative estimate of drug-likeness (QED) is 0.642. The first kappa shape index (κ1) is 12.2. The molecule has 1 aliphatic heterocycles. The lowest BCUT2D eigenvalue weighted by molar-refractivity contribution is 0.121. The molecule has 0 bridgehead atoms. The number of aliphatic hydroxyl groups excluding tert-OH is 1. The first-order chi connectivity index (χ1) is 8.31. The van der Waals surface area contributed by atoms with Crippen LogP contribution in [0.5, 0.6) is 0 Å². The molecule has 1 aromatic rings. The van der Waals surface area contributed by atoms with Crippen LogP contribution in [0.4, 0.5) is 5.82 Å². The number of aromatic nitrogens is 2. The molecular weight excluding hydrogens is 218 g/mol. The van der Waals surface area contributed by atoms with E-state index in [2.05, 4.69) is 20.2 Å². The molecule has 0 spiro atoms. The molecule has 1 aliphatic rings. The minimum absolute atomic E-state index is 0.0946. The van der Waals surface area contributed by atoms with Crippen LogP contribution in [0.3, 0.4) is 0 Å². The number of nitrogens with zero attached hydrogens (tertiary/aromatic N) is 3. The molecule has 17 heavy (non-hydrogen) atoms. The molecule has 2 rings (SSSR count). The van der Waals surface area contributed by atoms with E-state index >= 15 is 0 Å². The van der Waals surface area contributed by atoms with Crippen molar-refractivity contribution in [1.82, 2.24) is 15.3 Å². The van der Waals surface area contributed by atoms with Crippen molar-refractivity contribution >= 4 is 5.82 Å². The maximum Gasteiger partial charge on any atom is 0.133 e. The predicted octanol–water partition coefficient (Wildman–Crippen LogP) is -0.688. The normalized spacial score (nSPS) is 24.9. The van der Waals surface area contributed by atoms with Gasteiger partial charge in [-0.15, -0.1) is 0 Å². The summed E-state index contributed by atoms with van der Waals surface area (Å²) in [6, 6.07) is 1.88. The van der Waals surface area contributed by atoms with Gasteiger partial charge in [-0.2, -0.15) is 0 Å². The Bertz CT molecular complexity index is 334. The minimum Gasteiger partial charge on any atom is -0.393 e.